The van der Waals surface area contributed by atoms with Gasteiger partial charge in [0.25, 0.3) is 0 Å². The maximum Gasteiger partial charge on any atom is 0.303 e. The molecule has 0 aromatic rings. The fourth-order valence-electron chi connectivity index (χ4n) is 4.12. The molecule has 2 unspecified atom stereocenters. The summed E-state index contributed by atoms with van der Waals surface area (Å²) in [6.07, 6.45) is 8.93. The molecule has 26 heavy (non-hydrogen) atoms. The van der Waals surface area contributed by atoms with Crippen molar-refractivity contribution in [2.75, 3.05) is 0 Å². The lowest BCUT2D eigenvalue weighted by Crippen LogP contribution is -2.23. The Labute approximate surface area is 156 Å². The Balaban J connectivity index is 1.85. The van der Waals surface area contributed by atoms with E-state index in [1.165, 1.54) is 0 Å². The molecule has 5 heteroatoms. The van der Waals surface area contributed by atoms with Gasteiger partial charge in [0.1, 0.15) is 0 Å². The first-order chi connectivity index (χ1) is 12.3. The third-order valence-corrected chi connectivity index (χ3v) is 5.57. The van der Waals surface area contributed by atoms with Crippen LogP contribution in [0.4, 0.5) is 0 Å². The van der Waals surface area contributed by atoms with Gasteiger partial charge in [0.05, 0.1) is 23.9 Å². The molecule has 1 saturated carbocycles. The number of ether oxygens (including phenoxy) is 1. The van der Waals surface area contributed by atoms with E-state index in [1.54, 1.807) is 19.9 Å². The van der Waals surface area contributed by atoms with Gasteiger partial charge < -0.3 is 20.1 Å². The summed E-state index contributed by atoms with van der Waals surface area (Å²) >= 11 is 0. The summed E-state index contributed by atoms with van der Waals surface area (Å²) in [5, 5.41) is 29.5. The summed E-state index contributed by atoms with van der Waals surface area (Å²) in [4.78, 5) is 10.6. The zero-order valence-electron chi connectivity index (χ0n) is 15.9. The van der Waals surface area contributed by atoms with Crippen LogP contribution < -0.4 is 0 Å². The summed E-state index contributed by atoms with van der Waals surface area (Å²) in [6.45, 7) is 3.56. The zero-order valence-corrected chi connectivity index (χ0v) is 15.9. The number of hydrogen-bond acceptors (Lipinski definition) is 4. The smallest absolute Gasteiger partial charge is 0.303 e. The van der Waals surface area contributed by atoms with Gasteiger partial charge in [-0.05, 0) is 45.4 Å². The van der Waals surface area contributed by atoms with Crippen molar-refractivity contribution in [2.24, 2.45) is 11.8 Å². The molecule has 146 valence electrons. The highest BCUT2D eigenvalue weighted by Gasteiger charge is 2.47. The molecule has 1 saturated heterocycles. The second-order valence-electron chi connectivity index (χ2n) is 7.86. The van der Waals surface area contributed by atoms with Gasteiger partial charge in [-0.15, -0.1) is 11.8 Å². The monoisotopic (exact) mass is 364 g/mol. The number of carboxylic acids is 1. The van der Waals surface area contributed by atoms with Crippen molar-refractivity contribution < 1.29 is 24.9 Å². The van der Waals surface area contributed by atoms with Crippen LogP contribution in [0.15, 0.2) is 12.2 Å². The van der Waals surface area contributed by atoms with E-state index >= 15 is 0 Å². The molecular formula is C21H32O5. The number of fused-ring (bicyclic) bond motifs is 1. The topological polar surface area (TPSA) is 87.0 Å². The number of carbonyl (C=O) groups is 1. The number of hydrogen-bond donors (Lipinski definition) is 3. The summed E-state index contributed by atoms with van der Waals surface area (Å²) in [5.74, 6) is 5.33. The average molecular weight is 364 g/mol. The first-order valence-corrected chi connectivity index (χ1v) is 9.69. The van der Waals surface area contributed by atoms with Crippen LogP contribution in [0.2, 0.25) is 0 Å². The largest absolute Gasteiger partial charge is 0.481 e. The predicted molar refractivity (Wildman–Crippen MR) is 99.4 cm³/mol. The highest BCUT2D eigenvalue weighted by atomic mass is 16.5. The van der Waals surface area contributed by atoms with E-state index in [0.29, 0.717) is 25.7 Å². The second-order valence-corrected chi connectivity index (χ2v) is 7.86. The summed E-state index contributed by atoms with van der Waals surface area (Å²) < 4.78 is 6.08. The fourth-order valence-corrected chi connectivity index (χ4v) is 4.12. The Morgan fingerprint density at radius 2 is 2.12 bits per heavy atom. The normalized spacial score (nSPS) is 32.8. The summed E-state index contributed by atoms with van der Waals surface area (Å²) in [7, 11) is 0. The lowest BCUT2D eigenvalue weighted by molar-refractivity contribution is -0.137. The van der Waals surface area contributed by atoms with Crippen LogP contribution in [0, 0.1) is 23.7 Å². The van der Waals surface area contributed by atoms with Gasteiger partial charge in [-0.2, -0.15) is 0 Å². The fraction of sp³-hybridized carbons (Fsp3) is 0.762. The molecule has 0 bridgehead atoms. The first kappa shape index (κ1) is 21.0. The summed E-state index contributed by atoms with van der Waals surface area (Å²) in [5.41, 5.74) is -0.919. The van der Waals surface area contributed by atoms with Crippen LogP contribution >= 0.6 is 0 Å². The van der Waals surface area contributed by atoms with E-state index in [9.17, 15) is 15.0 Å². The van der Waals surface area contributed by atoms with Gasteiger partial charge in [-0.1, -0.05) is 18.6 Å². The minimum absolute atomic E-state index is 0.00718. The molecular weight excluding hydrogens is 332 g/mol. The number of unbranched alkanes of at least 4 members (excludes halogenated alkanes) is 1. The molecule has 2 fully saturated rings. The summed E-state index contributed by atoms with van der Waals surface area (Å²) in [6, 6.07) is 0. The van der Waals surface area contributed by atoms with Crippen LogP contribution in [0.5, 0.6) is 0 Å². The molecule has 5 nitrogen and oxygen atoms in total. The molecule has 0 radical (unpaired) electrons. The van der Waals surface area contributed by atoms with E-state index in [0.717, 1.165) is 19.3 Å². The molecule has 6 atom stereocenters. The molecule has 1 heterocycles. The van der Waals surface area contributed by atoms with Crippen molar-refractivity contribution in [2.45, 2.75) is 89.1 Å². The van der Waals surface area contributed by atoms with Crippen LogP contribution in [-0.4, -0.2) is 45.2 Å². The van der Waals surface area contributed by atoms with Crippen molar-refractivity contribution in [3.8, 4) is 11.8 Å². The minimum Gasteiger partial charge on any atom is -0.481 e. The van der Waals surface area contributed by atoms with Crippen molar-refractivity contribution in [1.29, 1.82) is 0 Å². The van der Waals surface area contributed by atoms with Crippen LogP contribution in [0.25, 0.3) is 0 Å². The van der Waals surface area contributed by atoms with E-state index in [4.69, 9.17) is 9.84 Å². The van der Waals surface area contributed by atoms with Gasteiger partial charge in [-0.3, -0.25) is 4.79 Å². The van der Waals surface area contributed by atoms with Crippen LogP contribution in [0.1, 0.15) is 65.2 Å². The Hall–Kier alpha value is -1.35. The van der Waals surface area contributed by atoms with Crippen LogP contribution in [0.3, 0.4) is 0 Å². The zero-order chi connectivity index (χ0) is 19.2. The molecule has 0 amide bonds. The maximum atomic E-state index is 10.6. The third-order valence-electron chi connectivity index (χ3n) is 5.57. The molecule has 3 N–H and O–H groups in total. The van der Waals surface area contributed by atoms with E-state index in [1.807, 2.05) is 6.08 Å². The Bertz CT molecular complexity index is 556. The highest BCUT2D eigenvalue weighted by Crippen LogP contribution is 2.45. The molecule has 0 aromatic carbocycles. The van der Waals surface area contributed by atoms with Crippen molar-refractivity contribution in [1.82, 2.24) is 0 Å². The first-order valence-electron chi connectivity index (χ1n) is 9.69. The number of rotatable bonds is 9. The third kappa shape index (κ3) is 6.12. The van der Waals surface area contributed by atoms with Gasteiger partial charge >= 0.3 is 5.97 Å². The predicted octanol–water partition coefficient (Wildman–Crippen LogP) is 2.90. The molecule has 2 rings (SSSR count). The lowest BCUT2D eigenvalue weighted by atomic mass is 9.87. The van der Waals surface area contributed by atoms with Gasteiger partial charge in [-0.25, -0.2) is 0 Å². The van der Waals surface area contributed by atoms with E-state index in [2.05, 4.69) is 11.8 Å². The minimum atomic E-state index is -0.919. The Morgan fingerprint density at radius 1 is 1.35 bits per heavy atom. The van der Waals surface area contributed by atoms with Crippen LogP contribution in [-0.2, 0) is 9.53 Å². The number of carboxylic acid groups (broad SMARTS) is 1. The molecule has 0 spiro atoms. The number of aliphatic hydroxyl groups excluding tert-OH is 1. The van der Waals surface area contributed by atoms with Gasteiger partial charge in [0, 0.05) is 25.2 Å². The van der Waals surface area contributed by atoms with Crippen molar-refractivity contribution in [3.63, 3.8) is 0 Å². The van der Waals surface area contributed by atoms with E-state index in [-0.39, 0.29) is 30.5 Å². The number of aliphatic hydroxyl groups is 2. The van der Waals surface area contributed by atoms with E-state index < -0.39 is 17.7 Å². The second kappa shape index (κ2) is 9.55. The molecule has 0 aromatic heterocycles. The molecule has 1 aliphatic heterocycles. The molecule has 2 aliphatic rings. The molecule has 1 aliphatic carbocycles. The number of aliphatic carboxylic acids is 1. The van der Waals surface area contributed by atoms with Crippen molar-refractivity contribution >= 4 is 5.97 Å². The quantitative estimate of drug-likeness (QED) is 0.333. The van der Waals surface area contributed by atoms with Crippen molar-refractivity contribution in [3.05, 3.63) is 12.2 Å². The standard InChI is InChI=1S/C21H32O5/c1-3-4-7-11-21(2,25)12-10-16-17-13-15(8-5-6-9-20(23)24)26-19(17)14-18(16)22/h10,12,15-19,22,25H,5-9,11,13-14H2,1-2H3,(H,23,24)/t15-,16+,17+,18?,19-,21?/m0/s1. The Kier molecular flexibility index (Phi) is 7.69. The lowest BCUT2D eigenvalue weighted by Gasteiger charge is -2.21. The van der Waals surface area contributed by atoms with Gasteiger partial charge in [0.2, 0.25) is 0 Å². The SMILES string of the molecule is CC#CCCC(C)(O)C=C[C@H]1C(O)C[C@@H]2O[C@@H](CCCCC(=O)O)C[C@@H]21. The van der Waals surface area contributed by atoms with Gasteiger partial charge in [0.15, 0.2) is 0 Å². The Morgan fingerprint density at radius 3 is 2.81 bits per heavy atom. The average Bonchev–Trinajstić information content (AvgIpc) is 3.06. The maximum absolute atomic E-state index is 10.6. The highest BCUT2D eigenvalue weighted by molar-refractivity contribution is 5.66.